The first-order valence-electron chi connectivity index (χ1n) is 7.30. The van der Waals surface area contributed by atoms with Crippen LogP contribution in [0, 0.1) is 0 Å². The van der Waals surface area contributed by atoms with Crippen molar-refractivity contribution in [3.8, 4) is 0 Å². The van der Waals surface area contributed by atoms with Gasteiger partial charge in [0.1, 0.15) is 0 Å². The molecule has 0 heterocycles. The lowest BCUT2D eigenvalue weighted by atomic mass is 10.1. The van der Waals surface area contributed by atoms with Crippen LogP contribution in [0.2, 0.25) is 0 Å². The molecule has 0 aliphatic rings. The first kappa shape index (κ1) is 16.4. The molecule has 5 heteroatoms. The normalized spacial score (nSPS) is 9.96. The molecule has 0 radical (unpaired) electrons. The lowest BCUT2D eigenvalue weighted by Crippen LogP contribution is -2.27. The molecule has 23 heavy (non-hydrogen) atoms. The Morgan fingerprint density at radius 3 is 2.30 bits per heavy atom. The molecule has 0 aromatic heterocycles. The van der Waals surface area contributed by atoms with Gasteiger partial charge in [-0.15, -0.1) is 0 Å². The second-order valence-electron chi connectivity index (χ2n) is 5.06. The van der Waals surface area contributed by atoms with Crippen molar-refractivity contribution >= 4 is 23.3 Å². The molecule has 5 nitrogen and oxygen atoms in total. The number of anilines is 1. The van der Waals surface area contributed by atoms with Crippen LogP contribution >= 0.6 is 0 Å². The molecule has 0 saturated heterocycles. The second kappa shape index (κ2) is 7.89. The maximum Gasteiger partial charge on any atom is 0.251 e. The van der Waals surface area contributed by atoms with Crippen LogP contribution in [-0.4, -0.2) is 24.1 Å². The van der Waals surface area contributed by atoms with Gasteiger partial charge in [-0.25, -0.2) is 0 Å². The molecule has 0 spiro atoms. The van der Waals surface area contributed by atoms with Gasteiger partial charge in [0.15, 0.2) is 5.78 Å². The molecule has 0 fully saturated rings. The van der Waals surface area contributed by atoms with E-state index in [1.54, 1.807) is 48.5 Å². The Morgan fingerprint density at radius 2 is 1.61 bits per heavy atom. The standard InChI is InChI=1S/C18H18N2O3/c1-13(21)15-8-5-9-16(12-15)20-17(22)10-11-19-18(23)14-6-3-2-4-7-14/h2-9,12H,10-11H2,1H3,(H,19,23)(H,20,22). The predicted octanol–water partition coefficient (Wildman–Crippen LogP) is 2.65. The lowest BCUT2D eigenvalue weighted by Gasteiger charge is -2.07. The highest BCUT2D eigenvalue weighted by Gasteiger charge is 2.07. The van der Waals surface area contributed by atoms with E-state index in [0.29, 0.717) is 16.8 Å². The highest BCUT2D eigenvalue weighted by molar-refractivity contribution is 5.97. The molecule has 2 amide bonds. The third kappa shape index (κ3) is 5.07. The van der Waals surface area contributed by atoms with Crippen molar-refractivity contribution in [2.75, 3.05) is 11.9 Å². The van der Waals surface area contributed by atoms with Crippen LogP contribution in [0.1, 0.15) is 34.1 Å². The Labute approximate surface area is 134 Å². The van der Waals surface area contributed by atoms with Crippen LogP contribution in [0.5, 0.6) is 0 Å². The fourth-order valence-electron chi connectivity index (χ4n) is 2.02. The molecule has 0 atom stereocenters. The van der Waals surface area contributed by atoms with E-state index >= 15 is 0 Å². The second-order valence-corrected chi connectivity index (χ2v) is 5.06. The highest BCUT2D eigenvalue weighted by atomic mass is 16.2. The van der Waals surface area contributed by atoms with Gasteiger partial charge in [0.25, 0.3) is 5.91 Å². The van der Waals surface area contributed by atoms with Crippen LogP contribution in [-0.2, 0) is 4.79 Å². The zero-order valence-electron chi connectivity index (χ0n) is 12.8. The van der Waals surface area contributed by atoms with E-state index in [-0.39, 0.29) is 30.6 Å². The van der Waals surface area contributed by atoms with E-state index in [2.05, 4.69) is 10.6 Å². The van der Waals surface area contributed by atoms with Crippen LogP contribution in [0.15, 0.2) is 54.6 Å². The average Bonchev–Trinajstić information content (AvgIpc) is 2.55. The summed E-state index contributed by atoms with van der Waals surface area (Å²) in [7, 11) is 0. The van der Waals surface area contributed by atoms with Crippen molar-refractivity contribution in [1.82, 2.24) is 5.32 Å². The maximum atomic E-state index is 11.9. The number of nitrogens with one attached hydrogen (secondary N) is 2. The summed E-state index contributed by atoms with van der Waals surface area (Å²) in [5.41, 5.74) is 1.67. The molecule has 2 N–H and O–H groups in total. The zero-order valence-corrected chi connectivity index (χ0v) is 12.8. The third-order valence-corrected chi connectivity index (χ3v) is 3.23. The molecule has 0 bridgehead atoms. The summed E-state index contributed by atoms with van der Waals surface area (Å²) in [4.78, 5) is 35.0. The van der Waals surface area contributed by atoms with E-state index in [4.69, 9.17) is 0 Å². The molecule has 0 aliphatic heterocycles. The molecule has 0 aliphatic carbocycles. The number of benzene rings is 2. The Kier molecular flexibility index (Phi) is 5.63. The summed E-state index contributed by atoms with van der Waals surface area (Å²) >= 11 is 0. The van der Waals surface area contributed by atoms with Gasteiger partial charge in [0.2, 0.25) is 5.91 Å². The van der Waals surface area contributed by atoms with Crippen molar-refractivity contribution in [2.45, 2.75) is 13.3 Å². The first-order valence-corrected chi connectivity index (χ1v) is 7.30. The average molecular weight is 310 g/mol. The SMILES string of the molecule is CC(=O)c1cccc(NC(=O)CCNC(=O)c2ccccc2)c1. The van der Waals surface area contributed by atoms with Gasteiger partial charge >= 0.3 is 0 Å². The monoisotopic (exact) mass is 310 g/mol. The Bertz CT molecular complexity index is 711. The number of carbonyl (C=O) groups is 3. The summed E-state index contributed by atoms with van der Waals surface area (Å²) in [6.45, 7) is 1.71. The summed E-state index contributed by atoms with van der Waals surface area (Å²) in [6.07, 6.45) is 0.156. The molecular weight excluding hydrogens is 292 g/mol. The Morgan fingerprint density at radius 1 is 0.913 bits per heavy atom. The maximum absolute atomic E-state index is 11.9. The van der Waals surface area contributed by atoms with Crippen LogP contribution in [0.25, 0.3) is 0 Å². The largest absolute Gasteiger partial charge is 0.352 e. The number of amides is 2. The summed E-state index contributed by atoms with van der Waals surface area (Å²) in [5.74, 6) is -0.493. The van der Waals surface area contributed by atoms with Crippen molar-refractivity contribution in [3.05, 3.63) is 65.7 Å². The number of carbonyl (C=O) groups excluding carboxylic acids is 3. The molecular formula is C18H18N2O3. The van der Waals surface area contributed by atoms with Gasteiger partial charge in [-0.3, -0.25) is 14.4 Å². The van der Waals surface area contributed by atoms with Crippen LogP contribution in [0.3, 0.4) is 0 Å². The number of ketones is 1. The highest BCUT2D eigenvalue weighted by Crippen LogP contribution is 2.11. The summed E-state index contributed by atoms with van der Waals surface area (Å²) in [5, 5.41) is 5.40. The van der Waals surface area contributed by atoms with Crippen LogP contribution in [0.4, 0.5) is 5.69 Å². The van der Waals surface area contributed by atoms with Crippen LogP contribution < -0.4 is 10.6 Å². The fraction of sp³-hybridized carbons (Fsp3) is 0.167. The van der Waals surface area contributed by atoms with E-state index in [1.807, 2.05) is 6.07 Å². The van der Waals surface area contributed by atoms with E-state index < -0.39 is 0 Å². The van der Waals surface area contributed by atoms with Crippen molar-refractivity contribution in [2.24, 2.45) is 0 Å². The quantitative estimate of drug-likeness (QED) is 0.805. The first-order chi connectivity index (χ1) is 11.1. The minimum absolute atomic E-state index is 0.0591. The molecule has 2 aromatic rings. The lowest BCUT2D eigenvalue weighted by molar-refractivity contribution is -0.116. The van der Waals surface area contributed by atoms with Gasteiger partial charge in [0, 0.05) is 29.8 Å². The molecule has 0 unspecified atom stereocenters. The number of hydrogen-bond donors (Lipinski definition) is 2. The van der Waals surface area contributed by atoms with Crippen molar-refractivity contribution in [3.63, 3.8) is 0 Å². The van der Waals surface area contributed by atoms with Gasteiger partial charge in [-0.05, 0) is 31.2 Å². The number of hydrogen-bond acceptors (Lipinski definition) is 3. The van der Waals surface area contributed by atoms with Gasteiger partial charge in [-0.1, -0.05) is 30.3 Å². The molecule has 0 saturated carbocycles. The Hall–Kier alpha value is -2.95. The van der Waals surface area contributed by atoms with Gasteiger partial charge < -0.3 is 10.6 Å². The number of rotatable bonds is 6. The smallest absolute Gasteiger partial charge is 0.251 e. The minimum Gasteiger partial charge on any atom is -0.352 e. The summed E-state index contributed by atoms with van der Waals surface area (Å²) in [6, 6.07) is 15.6. The molecule has 2 aromatic carbocycles. The number of Topliss-reactive ketones (excluding diaryl/α,β-unsaturated/α-hetero) is 1. The molecule has 2 rings (SSSR count). The van der Waals surface area contributed by atoms with E-state index in [0.717, 1.165) is 0 Å². The van der Waals surface area contributed by atoms with Gasteiger partial charge in [-0.2, -0.15) is 0 Å². The Balaban J connectivity index is 1.80. The predicted molar refractivity (Wildman–Crippen MR) is 88.5 cm³/mol. The third-order valence-electron chi connectivity index (χ3n) is 3.23. The van der Waals surface area contributed by atoms with E-state index in [1.165, 1.54) is 6.92 Å². The van der Waals surface area contributed by atoms with E-state index in [9.17, 15) is 14.4 Å². The van der Waals surface area contributed by atoms with Gasteiger partial charge in [0.05, 0.1) is 0 Å². The minimum atomic E-state index is -0.223. The molecule has 118 valence electrons. The summed E-state index contributed by atoms with van der Waals surface area (Å²) < 4.78 is 0. The fourth-order valence-corrected chi connectivity index (χ4v) is 2.02. The van der Waals surface area contributed by atoms with Crippen molar-refractivity contribution in [1.29, 1.82) is 0 Å². The topological polar surface area (TPSA) is 75.3 Å². The zero-order chi connectivity index (χ0) is 16.7. The van der Waals surface area contributed by atoms with Crippen molar-refractivity contribution < 1.29 is 14.4 Å².